The standard InChI is InChI=1S/C7H16NO4P/c1-3-11-13(10,12-4-2)6-7(9)5-8/h3-6,8H2,1-2H3. The molecule has 0 radical (unpaired) electrons. The van der Waals surface area contributed by atoms with Crippen molar-refractivity contribution in [2.45, 2.75) is 13.8 Å². The second-order valence-electron chi connectivity index (χ2n) is 2.35. The lowest BCUT2D eigenvalue weighted by Gasteiger charge is -2.15. The molecule has 0 aliphatic heterocycles. The monoisotopic (exact) mass is 209 g/mol. The second kappa shape index (κ2) is 6.27. The van der Waals surface area contributed by atoms with Crippen molar-refractivity contribution in [1.29, 1.82) is 0 Å². The SMILES string of the molecule is CCOP(=O)(CC(=O)CN)OCC. The van der Waals surface area contributed by atoms with Crippen LogP contribution in [0.1, 0.15) is 13.8 Å². The van der Waals surface area contributed by atoms with Gasteiger partial charge in [-0.15, -0.1) is 0 Å². The van der Waals surface area contributed by atoms with Crippen LogP contribution in [-0.2, 0) is 18.4 Å². The molecular weight excluding hydrogens is 193 g/mol. The number of hydrogen-bond acceptors (Lipinski definition) is 5. The molecule has 0 atom stereocenters. The highest BCUT2D eigenvalue weighted by Gasteiger charge is 2.26. The Labute approximate surface area is 78.1 Å². The van der Waals surface area contributed by atoms with Gasteiger partial charge in [0, 0.05) is 0 Å². The highest BCUT2D eigenvalue weighted by atomic mass is 31.2. The third-order valence-electron chi connectivity index (χ3n) is 1.25. The first kappa shape index (κ1) is 12.8. The zero-order chi connectivity index (χ0) is 10.3. The number of nitrogens with two attached hydrogens (primary N) is 1. The van der Waals surface area contributed by atoms with Crippen LogP contribution < -0.4 is 5.73 Å². The van der Waals surface area contributed by atoms with Gasteiger partial charge in [-0.05, 0) is 13.8 Å². The Kier molecular flexibility index (Phi) is 6.16. The summed E-state index contributed by atoms with van der Waals surface area (Å²) < 4.78 is 21.5. The molecule has 5 nitrogen and oxygen atoms in total. The van der Waals surface area contributed by atoms with Crippen molar-refractivity contribution in [2.24, 2.45) is 5.73 Å². The van der Waals surface area contributed by atoms with Crippen molar-refractivity contribution in [3.63, 3.8) is 0 Å². The topological polar surface area (TPSA) is 78.6 Å². The molecule has 0 aliphatic carbocycles. The molecule has 0 aromatic heterocycles. The molecule has 0 spiro atoms. The average Bonchev–Trinajstić information content (AvgIpc) is 2.04. The first-order chi connectivity index (χ1) is 6.08. The van der Waals surface area contributed by atoms with Gasteiger partial charge < -0.3 is 14.8 Å². The minimum Gasteiger partial charge on any atom is -0.324 e. The smallest absolute Gasteiger partial charge is 0.324 e. The molecule has 6 heteroatoms. The maximum absolute atomic E-state index is 11.7. The van der Waals surface area contributed by atoms with Crippen LogP contribution in [0.4, 0.5) is 0 Å². The lowest BCUT2D eigenvalue weighted by atomic mass is 10.5. The molecule has 0 heterocycles. The van der Waals surface area contributed by atoms with E-state index in [0.29, 0.717) is 0 Å². The van der Waals surface area contributed by atoms with Crippen LogP contribution in [-0.4, -0.2) is 31.7 Å². The van der Waals surface area contributed by atoms with Gasteiger partial charge in [0.15, 0.2) is 5.78 Å². The zero-order valence-corrected chi connectivity index (χ0v) is 8.88. The minimum atomic E-state index is -3.22. The van der Waals surface area contributed by atoms with Gasteiger partial charge in [0.1, 0.15) is 6.16 Å². The van der Waals surface area contributed by atoms with E-state index in [2.05, 4.69) is 0 Å². The Bertz CT molecular complexity index is 197. The Morgan fingerprint density at radius 1 is 1.31 bits per heavy atom. The fourth-order valence-corrected chi connectivity index (χ4v) is 2.41. The summed E-state index contributed by atoms with van der Waals surface area (Å²) >= 11 is 0. The van der Waals surface area contributed by atoms with Crippen LogP contribution in [0.15, 0.2) is 0 Å². The van der Waals surface area contributed by atoms with Crippen molar-refractivity contribution in [1.82, 2.24) is 0 Å². The van der Waals surface area contributed by atoms with Crippen molar-refractivity contribution >= 4 is 13.4 Å². The van der Waals surface area contributed by atoms with E-state index in [1.54, 1.807) is 13.8 Å². The summed E-state index contributed by atoms with van der Waals surface area (Å²) in [6.07, 6.45) is -0.231. The third kappa shape index (κ3) is 5.16. The molecule has 0 bridgehead atoms. The number of hydrogen-bond donors (Lipinski definition) is 1. The van der Waals surface area contributed by atoms with Crippen LogP contribution in [0.2, 0.25) is 0 Å². The zero-order valence-electron chi connectivity index (χ0n) is 7.99. The first-order valence-electron chi connectivity index (χ1n) is 4.17. The van der Waals surface area contributed by atoms with Crippen LogP contribution in [0.5, 0.6) is 0 Å². The Balaban J connectivity index is 4.23. The van der Waals surface area contributed by atoms with Gasteiger partial charge in [0.25, 0.3) is 0 Å². The molecule has 0 saturated heterocycles. The normalized spacial score (nSPS) is 11.6. The first-order valence-corrected chi connectivity index (χ1v) is 5.90. The summed E-state index contributed by atoms with van der Waals surface area (Å²) in [5, 5.41) is 0. The molecule has 78 valence electrons. The van der Waals surface area contributed by atoms with Crippen molar-refractivity contribution in [2.75, 3.05) is 25.9 Å². The van der Waals surface area contributed by atoms with Gasteiger partial charge in [-0.3, -0.25) is 9.36 Å². The van der Waals surface area contributed by atoms with Crippen molar-refractivity contribution < 1.29 is 18.4 Å². The number of carbonyl (C=O) groups excluding carboxylic acids is 1. The van der Waals surface area contributed by atoms with Gasteiger partial charge in [0.2, 0.25) is 0 Å². The number of carbonyl (C=O) groups is 1. The second-order valence-corrected chi connectivity index (χ2v) is 4.40. The van der Waals surface area contributed by atoms with E-state index in [-0.39, 0.29) is 31.7 Å². The fraction of sp³-hybridized carbons (Fsp3) is 0.857. The van der Waals surface area contributed by atoms with Gasteiger partial charge in [-0.25, -0.2) is 0 Å². The molecule has 0 saturated carbocycles. The van der Waals surface area contributed by atoms with Crippen LogP contribution in [0.3, 0.4) is 0 Å². The van der Waals surface area contributed by atoms with E-state index in [1.165, 1.54) is 0 Å². The van der Waals surface area contributed by atoms with Gasteiger partial charge >= 0.3 is 7.60 Å². The number of Topliss-reactive ketones (excluding diaryl/α,β-unsaturated/α-hetero) is 1. The Morgan fingerprint density at radius 3 is 2.08 bits per heavy atom. The maximum Gasteiger partial charge on any atom is 0.338 e. The summed E-state index contributed by atoms with van der Waals surface area (Å²) in [4.78, 5) is 10.9. The van der Waals surface area contributed by atoms with Crippen LogP contribution >= 0.6 is 7.60 Å². The Morgan fingerprint density at radius 2 is 1.77 bits per heavy atom. The Hall–Kier alpha value is -0.220. The lowest BCUT2D eigenvalue weighted by molar-refractivity contribution is -0.115. The molecule has 0 unspecified atom stereocenters. The van der Waals surface area contributed by atoms with Gasteiger partial charge in [-0.2, -0.15) is 0 Å². The molecule has 0 rings (SSSR count). The van der Waals surface area contributed by atoms with Gasteiger partial charge in [0.05, 0.1) is 19.8 Å². The molecular formula is C7H16NO4P. The summed E-state index contributed by atoms with van der Waals surface area (Å²) in [7, 11) is -3.22. The molecule has 0 aromatic carbocycles. The van der Waals surface area contributed by atoms with E-state index in [9.17, 15) is 9.36 Å². The highest BCUT2D eigenvalue weighted by Crippen LogP contribution is 2.47. The van der Waals surface area contributed by atoms with E-state index >= 15 is 0 Å². The summed E-state index contributed by atoms with van der Waals surface area (Å²) in [6, 6.07) is 0. The predicted octanol–water partition coefficient (Wildman–Crippen LogP) is 0.780. The van der Waals surface area contributed by atoms with Crippen LogP contribution in [0.25, 0.3) is 0 Å². The largest absolute Gasteiger partial charge is 0.338 e. The summed E-state index contributed by atoms with van der Waals surface area (Å²) in [6.45, 7) is 3.77. The van der Waals surface area contributed by atoms with Crippen LogP contribution in [0, 0.1) is 0 Å². The van der Waals surface area contributed by atoms with Crippen molar-refractivity contribution in [3.8, 4) is 0 Å². The summed E-state index contributed by atoms with van der Waals surface area (Å²) in [5.41, 5.74) is 5.09. The maximum atomic E-state index is 11.7. The van der Waals surface area contributed by atoms with Gasteiger partial charge in [-0.1, -0.05) is 0 Å². The molecule has 0 fully saturated rings. The molecule has 0 aromatic rings. The molecule has 0 amide bonds. The fourth-order valence-electron chi connectivity index (χ4n) is 0.802. The average molecular weight is 209 g/mol. The third-order valence-corrected chi connectivity index (χ3v) is 3.29. The van der Waals surface area contributed by atoms with E-state index < -0.39 is 7.60 Å². The quantitative estimate of drug-likeness (QED) is 0.627. The predicted molar refractivity (Wildman–Crippen MR) is 49.8 cm³/mol. The minimum absolute atomic E-state index is 0.135. The lowest BCUT2D eigenvalue weighted by Crippen LogP contribution is -2.19. The molecule has 0 aliphatic rings. The van der Waals surface area contributed by atoms with Crippen molar-refractivity contribution in [3.05, 3.63) is 0 Å². The number of ketones is 1. The van der Waals surface area contributed by atoms with E-state index in [4.69, 9.17) is 14.8 Å². The van der Waals surface area contributed by atoms with E-state index in [1.807, 2.05) is 0 Å². The highest BCUT2D eigenvalue weighted by molar-refractivity contribution is 7.54. The molecule has 2 N–H and O–H groups in total. The van der Waals surface area contributed by atoms with E-state index in [0.717, 1.165) is 0 Å². The summed E-state index contributed by atoms with van der Waals surface area (Å²) in [5.74, 6) is -0.315. The number of rotatable bonds is 7. The molecule has 13 heavy (non-hydrogen) atoms.